The Morgan fingerprint density at radius 2 is 2.11 bits per heavy atom. The number of halogens is 2. The summed E-state index contributed by atoms with van der Waals surface area (Å²) in [6.45, 7) is 1.91. The van der Waals surface area contributed by atoms with Crippen LogP contribution in [0.4, 0.5) is 4.39 Å². The molecule has 3 nitrogen and oxygen atoms in total. The minimum Gasteiger partial charge on any atom is -0.271 e. The van der Waals surface area contributed by atoms with Gasteiger partial charge in [-0.15, -0.1) is 0 Å². The zero-order valence-corrected chi connectivity index (χ0v) is 11.4. The van der Waals surface area contributed by atoms with E-state index < -0.39 is 0 Å². The average Bonchev–Trinajstić information content (AvgIpc) is 2.37. The normalized spacial score (nSPS) is 12.4. The quantitative estimate of drug-likeness (QED) is 0.677. The summed E-state index contributed by atoms with van der Waals surface area (Å²) < 4.78 is 14.2. The number of hydrogen-bond donors (Lipinski definition) is 2. The predicted octanol–water partition coefficient (Wildman–Crippen LogP) is 2.84. The van der Waals surface area contributed by atoms with Crippen molar-refractivity contribution >= 4 is 15.9 Å². The molecular weight excluding hydrogens is 297 g/mol. The Hall–Kier alpha value is -1.30. The molecule has 0 radical (unpaired) electrons. The summed E-state index contributed by atoms with van der Waals surface area (Å²) in [5.74, 6) is 5.29. The molecule has 0 bridgehead atoms. The molecule has 1 unspecified atom stereocenters. The molecule has 94 valence electrons. The van der Waals surface area contributed by atoms with Crippen LogP contribution in [0.2, 0.25) is 0 Å². The summed E-state index contributed by atoms with van der Waals surface area (Å²) in [4.78, 5) is 4.28. The van der Waals surface area contributed by atoms with Crippen LogP contribution in [-0.2, 0) is 0 Å². The molecular formula is C13H13BrFN3. The van der Waals surface area contributed by atoms with E-state index in [1.807, 2.05) is 19.1 Å². The number of aromatic nitrogens is 1. The van der Waals surface area contributed by atoms with E-state index in [4.69, 9.17) is 5.84 Å². The molecule has 1 heterocycles. The van der Waals surface area contributed by atoms with Gasteiger partial charge in [-0.2, -0.15) is 0 Å². The van der Waals surface area contributed by atoms with Crippen molar-refractivity contribution in [1.29, 1.82) is 0 Å². The predicted molar refractivity (Wildman–Crippen MR) is 72.2 cm³/mol. The van der Waals surface area contributed by atoms with Crippen molar-refractivity contribution in [3.05, 3.63) is 63.6 Å². The van der Waals surface area contributed by atoms with Crippen molar-refractivity contribution in [2.24, 2.45) is 5.84 Å². The van der Waals surface area contributed by atoms with Crippen LogP contribution in [0.3, 0.4) is 0 Å². The van der Waals surface area contributed by atoms with Gasteiger partial charge in [0.2, 0.25) is 0 Å². The van der Waals surface area contributed by atoms with Crippen LogP contribution in [0.1, 0.15) is 22.9 Å². The van der Waals surface area contributed by atoms with E-state index in [1.54, 1.807) is 12.3 Å². The number of pyridine rings is 1. The standard InChI is InChI=1S/C13H13BrFN3/c1-8-2-4-10(15)6-11(8)13(18-16)12-5-3-9(14)7-17-12/h2-7,13,18H,16H2,1H3. The van der Waals surface area contributed by atoms with E-state index in [0.29, 0.717) is 0 Å². The molecule has 0 aliphatic rings. The molecule has 18 heavy (non-hydrogen) atoms. The average molecular weight is 310 g/mol. The monoisotopic (exact) mass is 309 g/mol. The van der Waals surface area contributed by atoms with Gasteiger partial charge in [0.1, 0.15) is 5.82 Å². The Labute approximate surface area is 113 Å². The summed E-state index contributed by atoms with van der Waals surface area (Å²) in [6, 6.07) is 8.04. The van der Waals surface area contributed by atoms with Gasteiger partial charge in [0.15, 0.2) is 0 Å². The minimum absolute atomic E-state index is 0.284. The molecule has 0 fully saturated rings. The first-order valence-electron chi connectivity index (χ1n) is 5.45. The minimum atomic E-state index is -0.325. The molecule has 0 aliphatic heterocycles. The van der Waals surface area contributed by atoms with E-state index in [1.165, 1.54) is 12.1 Å². The zero-order chi connectivity index (χ0) is 13.1. The third-order valence-electron chi connectivity index (χ3n) is 2.76. The zero-order valence-electron chi connectivity index (χ0n) is 9.82. The van der Waals surface area contributed by atoms with Gasteiger partial charge < -0.3 is 0 Å². The Bertz CT molecular complexity index is 542. The van der Waals surface area contributed by atoms with E-state index >= 15 is 0 Å². The van der Waals surface area contributed by atoms with Crippen LogP contribution in [0.15, 0.2) is 41.0 Å². The van der Waals surface area contributed by atoms with Gasteiger partial charge in [-0.25, -0.2) is 9.82 Å². The molecule has 5 heteroatoms. The molecule has 0 spiro atoms. The van der Waals surface area contributed by atoms with Crippen molar-refractivity contribution in [1.82, 2.24) is 10.4 Å². The molecule has 0 saturated heterocycles. The molecule has 0 aliphatic carbocycles. The second-order valence-electron chi connectivity index (χ2n) is 4.00. The Kier molecular flexibility index (Phi) is 4.06. The molecule has 1 atom stereocenters. The molecule has 1 aromatic carbocycles. The Balaban J connectivity index is 2.44. The smallest absolute Gasteiger partial charge is 0.123 e. The second-order valence-corrected chi connectivity index (χ2v) is 4.92. The van der Waals surface area contributed by atoms with Gasteiger partial charge in [0, 0.05) is 10.7 Å². The highest BCUT2D eigenvalue weighted by Crippen LogP contribution is 2.24. The number of nitrogens with one attached hydrogen (secondary N) is 1. The van der Waals surface area contributed by atoms with Crippen LogP contribution >= 0.6 is 15.9 Å². The van der Waals surface area contributed by atoms with E-state index in [9.17, 15) is 4.39 Å². The van der Waals surface area contributed by atoms with Gasteiger partial charge in [0.25, 0.3) is 0 Å². The summed E-state index contributed by atoms with van der Waals surface area (Å²) in [5.41, 5.74) is 5.17. The lowest BCUT2D eigenvalue weighted by Crippen LogP contribution is -2.30. The number of aryl methyl sites for hydroxylation is 1. The third kappa shape index (κ3) is 2.75. The topological polar surface area (TPSA) is 50.9 Å². The van der Waals surface area contributed by atoms with Gasteiger partial charge in [-0.3, -0.25) is 10.8 Å². The Morgan fingerprint density at radius 1 is 1.33 bits per heavy atom. The lowest BCUT2D eigenvalue weighted by Gasteiger charge is -2.18. The number of hydrazine groups is 1. The van der Waals surface area contributed by atoms with Crippen LogP contribution in [0, 0.1) is 12.7 Å². The van der Waals surface area contributed by atoms with E-state index in [0.717, 1.165) is 21.3 Å². The number of nitrogens with two attached hydrogens (primary N) is 1. The highest BCUT2D eigenvalue weighted by Gasteiger charge is 2.16. The van der Waals surface area contributed by atoms with Crippen molar-refractivity contribution in [3.63, 3.8) is 0 Å². The van der Waals surface area contributed by atoms with Crippen LogP contribution in [0.25, 0.3) is 0 Å². The first-order valence-corrected chi connectivity index (χ1v) is 6.24. The third-order valence-corrected chi connectivity index (χ3v) is 3.23. The first kappa shape index (κ1) is 13.1. The molecule has 1 aromatic heterocycles. The molecule has 3 N–H and O–H groups in total. The maximum atomic E-state index is 13.3. The van der Waals surface area contributed by atoms with Gasteiger partial charge in [-0.05, 0) is 58.2 Å². The van der Waals surface area contributed by atoms with E-state index in [-0.39, 0.29) is 11.9 Å². The largest absolute Gasteiger partial charge is 0.271 e. The number of hydrogen-bond acceptors (Lipinski definition) is 3. The fraction of sp³-hybridized carbons (Fsp3) is 0.154. The second kappa shape index (κ2) is 5.56. The first-order chi connectivity index (χ1) is 8.61. The highest BCUT2D eigenvalue weighted by molar-refractivity contribution is 9.10. The van der Waals surface area contributed by atoms with Crippen molar-refractivity contribution in [2.45, 2.75) is 13.0 Å². The van der Waals surface area contributed by atoms with Crippen LogP contribution in [-0.4, -0.2) is 4.98 Å². The van der Waals surface area contributed by atoms with Crippen molar-refractivity contribution in [2.75, 3.05) is 0 Å². The van der Waals surface area contributed by atoms with Gasteiger partial charge in [-0.1, -0.05) is 6.07 Å². The number of rotatable bonds is 3. The summed E-state index contributed by atoms with van der Waals surface area (Å²) in [5, 5.41) is 0. The van der Waals surface area contributed by atoms with Crippen LogP contribution < -0.4 is 11.3 Å². The fourth-order valence-corrected chi connectivity index (χ4v) is 2.05. The van der Waals surface area contributed by atoms with Gasteiger partial charge in [0.05, 0.1) is 11.7 Å². The van der Waals surface area contributed by atoms with E-state index in [2.05, 4.69) is 26.3 Å². The molecule has 2 aromatic rings. The molecule has 0 amide bonds. The van der Waals surface area contributed by atoms with Crippen molar-refractivity contribution in [3.8, 4) is 0 Å². The lowest BCUT2D eigenvalue weighted by molar-refractivity contribution is 0.595. The number of nitrogens with zero attached hydrogens (tertiary/aromatic N) is 1. The molecule has 2 rings (SSSR count). The Morgan fingerprint density at radius 3 is 2.72 bits per heavy atom. The summed E-state index contributed by atoms with van der Waals surface area (Å²) in [6.07, 6.45) is 1.69. The highest BCUT2D eigenvalue weighted by atomic mass is 79.9. The maximum absolute atomic E-state index is 13.3. The summed E-state index contributed by atoms with van der Waals surface area (Å²) in [7, 11) is 0. The van der Waals surface area contributed by atoms with Gasteiger partial charge >= 0.3 is 0 Å². The van der Waals surface area contributed by atoms with Crippen LogP contribution in [0.5, 0.6) is 0 Å². The fourth-order valence-electron chi connectivity index (χ4n) is 1.81. The summed E-state index contributed by atoms with van der Waals surface area (Å²) >= 11 is 3.32. The molecule has 0 saturated carbocycles. The number of benzene rings is 1. The van der Waals surface area contributed by atoms with Crippen molar-refractivity contribution < 1.29 is 4.39 Å². The maximum Gasteiger partial charge on any atom is 0.123 e. The lowest BCUT2D eigenvalue weighted by atomic mass is 9.98. The SMILES string of the molecule is Cc1ccc(F)cc1C(NN)c1ccc(Br)cn1.